The van der Waals surface area contributed by atoms with Gasteiger partial charge < -0.3 is 9.88 Å². The summed E-state index contributed by atoms with van der Waals surface area (Å²) in [6, 6.07) is 27.7. The van der Waals surface area contributed by atoms with Gasteiger partial charge in [-0.2, -0.15) is 0 Å². The Kier molecular flexibility index (Phi) is 3.99. The fourth-order valence-electron chi connectivity index (χ4n) is 5.06. The molecule has 4 heteroatoms. The zero-order valence-corrected chi connectivity index (χ0v) is 16.7. The van der Waals surface area contributed by atoms with E-state index in [9.17, 15) is 4.79 Å². The number of H-pyrrole nitrogens is 1. The summed E-state index contributed by atoms with van der Waals surface area (Å²) in [5, 5.41) is 1.08. The molecule has 1 aliphatic heterocycles. The molecular formula is C26H23N3O. The summed E-state index contributed by atoms with van der Waals surface area (Å²) in [4.78, 5) is 20.9. The predicted octanol–water partition coefficient (Wildman–Crippen LogP) is 4.70. The van der Waals surface area contributed by atoms with Gasteiger partial charge in [-0.15, -0.1) is 0 Å². The van der Waals surface area contributed by atoms with Crippen molar-refractivity contribution in [3.05, 3.63) is 95.7 Å². The van der Waals surface area contributed by atoms with Crippen molar-refractivity contribution < 1.29 is 4.79 Å². The fourth-order valence-corrected chi connectivity index (χ4v) is 5.06. The zero-order valence-electron chi connectivity index (χ0n) is 16.7. The highest BCUT2D eigenvalue weighted by atomic mass is 16.2. The number of aromatic amines is 1. The molecule has 2 aliphatic rings. The maximum absolute atomic E-state index is 13.1. The molecule has 4 aromatic rings. The molecule has 0 bridgehead atoms. The topological polar surface area (TPSA) is 39.3 Å². The average Bonchev–Trinajstić information content (AvgIpc) is 3.38. The second kappa shape index (κ2) is 6.85. The molecule has 148 valence electrons. The molecule has 1 amide bonds. The van der Waals surface area contributed by atoms with E-state index in [0.717, 1.165) is 37.1 Å². The first-order valence-corrected chi connectivity index (χ1v) is 10.6. The minimum Gasteiger partial charge on any atom is -0.351 e. The van der Waals surface area contributed by atoms with Gasteiger partial charge in [0.15, 0.2) is 0 Å². The van der Waals surface area contributed by atoms with E-state index in [1.807, 2.05) is 35.2 Å². The van der Waals surface area contributed by atoms with Gasteiger partial charge in [0.2, 0.25) is 0 Å². The van der Waals surface area contributed by atoms with E-state index >= 15 is 0 Å². The molecule has 0 atom stereocenters. The van der Waals surface area contributed by atoms with Crippen molar-refractivity contribution in [2.24, 2.45) is 0 Å². The number of para-hydroxylation sites is 1. The Morgan fingerprint density at radius 3 is 2.03 bits per heavy atom. The number of benzene rings is 3. The van der Waals surface area contributed by atoms with Crippen molar-refractivity contribution in [2.45, 2.75) is 6.04 Å². The summed E-state index contributed by atoms with van der Waals surface area (Å²) in [6.07, 6.45) is 0. The third kappa shape index (κ3) is 2.68. The van der Waals surface area contributed by atoms with Gasteiger partial charge in [0.1, 0.15) is 5.69 Å². The Hall–Kier alpha value is -3.37. The summed E-state index contributed by atoms with van der Waals surface area (Å²) in [6.45, 7) is 3.24. The Morgan fingerprint density at radius 1 is 0.767 bits per heavy atom. The standard InChI is InChI=1S/C26H23N3O/c30-26(24-17-18-7-1-6-12-23(18)27-24)29-15-13-28(14-16-29)25-21-10-4-2-8-19(21)20-9-3-5-11-22(20)25/h1-12,17,25,27H,13-16H2. The van der Waals surface area contributed by atoms with Crippen LogP contribution in [0, 0.1) is 0 Å². The largest absolute Gasteiger partial charge is 0.351 e. The van der Waals surface area contributed by atoms with Crippen molar-refractivity contribution in [3.63, 3.8) is 0 Å². The van der Waals surface area contributed by atoms with Crippen LogP contribution in [0.1, 0.15) is 27.7 Å². The second-order valence-corrected chi connectivity index (χ2v) is 8.18. The van der Waals surface area contributed by atoms with Crippen LogP contribution < -0.4 is 0 Å². The van der Waals surface area contributed by atoms with Crippen LogP contribution in [0.25, 0.3) is 22.0 Å². The number of hydrogen-bond acceptors (Lipinski definition) is 2. The van der Waals surface area contributed by atoms with E-state index in [0.29, 0.717) is 5.69 Å². The lowest BCUT2D eigenvalue weighted by Crippen LogP contribution is -2.49. The highest BCUT2D eigenvalue weighted by Crippen LogP contribution is 2.46. The summed E-state index contributed by atoms with van der Waals surface area (Å²) in [5.41, 5.74) is 7.15. The lowest BCUT2D eigenvalue weighted by molar-refractivity contribution is 0.0595. The molecule has 3 aromatic carbocycles. The molecule has 1 aliphatic carbocycles. The monoisotopic (exact) mass is 393 g/mol. The molecule has 0 radical (unpaired) electrons. The number of piperazine rings is 1. The first-order chi connectivity index (χ1) is 14.8. The van der Waals surface area contributed by atoms with Gasteiger partial charge in [0, 0.05) is 37.1 Å². The molecular weight excluding hydrogens is 370 g/mol. The minimum absolute atomic E-state index is 0.0954. The second-order valence-electron chi connectivity index (χ2n) is 8.18. The molecule has 4 nitrogen and oxygen atoms in total. The van der Waals surface area contributed by atoms with Gasteiger partial charge in [0.25, 0.3) is 5.91 Å². The quantitative estimate of drug-likeness (QED) is 0.536. The van der Waals surface area contributed by atoms with Crippen molar-refractivity contribution in [2.75, 3.05) is 26.2 Å². The fraction of sp³-hybridized carbons (Fsp3) is 0.192. The van der Waals surface area contributed by atoms with E-state index in [4.69, 9.17) is 0 Å². The lowest BCUT2D eigenvalue weighted by atomic mass is 10.0. The molecule has 1 saturated heterocycles. The molecule has 0 unspecified atom stereocenters. The number of carbonyl (C=O) groups is 1. The number of carbonyl (C=O) groups excluding carboxylic acids is 1. The van der Waals surface area contributed by atoms with Crippen molar-refractivity contribution in [1.82, 2.24) is 14.8 Å². The van der Waals surface area contributed by atoms with Crippen molar-refractivity contribution in [3.8, 4) is 11.1 Å². The maximum Gasteiger partial charge on any atom is 0.270 e. The Morgan fingerprint density at radius 2 is 1.37 bits per heavy atom. The number of rotatable bonds is 2. The van der Waals surface area contributed by atoms with E-state index in [1.165, 1.54) is 22.3 Å². The van der Waals surface area contributed by atoms with E-state index in [-0.39, 0.29) is 11.9 Å². The van der Waals surface area contributed by atoms with Crippen LogP contribution >= 0.6 is 0 Å². The normalized spacial score (nSPS) is 16.6. The van der Waals surface area contributed by atoms with Gasteiger partial charge in [0.05, 0.1) is 6.04 Å². The van der Waals surface area contributed by atoms with Crippen LogP contribution in [0.4, 0.5) is 0 Å². The summed E-state index contributed by atoms with van der Waals surface area (Å²) in [7, 11) is 0. The van der Waals surface area contributed by atoms with Crippen LogP contribution in [0.5, 0.6) is 0 Å². The third-order valence-electron chi connectivity index (χ3n) is 6.53. The first kappa shape index (κ1) is 17.5. The van der Waals surface area contributed by atoms with Crippen molar-refractivity contribution >= 4 is 16.8 Å². The van der Waals surface area contributed by atoms with E-state index < -0.39 is 0 Å². The highest BCUT2D eigenvalue weighted by molar-refractivity contribution is 5.98. The molecule has 0 spiro atoms. The molecule has 1 aromatic heterocycles. The predicted molar refractivity (Wildman–Crippen MR) is 119 cm³/mol. The minimum atomic E-state index is 0.0954. The first-order valence-electron chi connectivity index (χ1n) is 10.6. The molecule has 30 heavy (non-hydrogen) atoms. The van der Waals surface area contributed by atoms with Crippen molar-refractivity contribution in [1.29, 1.82) is 0 Å². The van der Waals surface area contributed by atoms with Crippen LogP contribution in [0.3, 0.4) is 0 Å². The van der Waals surface area contributed by atoms with Crippen LogP contribution in [0.2, 0.25) is 0 Å². The summed E-state index contributed by atoms with van der Waals surface area (Å²) < 4.78 is 0. The van der Waals surface area contributed by atoms with Gasteiger partial charge in [-0.1, -0.05) is 66.7 Å². The van der Waals surface area contributed by atoms with Crippen LogP contribution in [0.15, 0.2) is 78.9 Å². The summed E-state index contributed by atoms with van der Waals surface area (Å²) >= 11 is 0. The molecule has 1 fully saturated rings. The molecule has 0 saturated carbocycles. The third-order valence-corrected chi connectivity index (χ3v) is 6.53. The van der Waals surface area contributed by atoms with Gasteiger partial charge in [-0.25, -0.2) is 0 Å². The Bertz CT molecular complexity index is 1170. The number of hydrogen-bond donors (Lipinski definition) is 1. The zero-order chi connectivity index (χ0) is 20.1. The maximum atomic E-state index is 13.1. The van der Waals surface area contributed by atoms with E-state index in [2.05, 4.69) is 58.4 Å². The number of fused-ring (bicyclic) bond motifs is 4. The average molecular weight is 393 g/mol. The molecule has 2 heterocycles. The van der Waals surface area contributed by atoms with Crippen LogP contribution in [-0.4, -0.2) is 46.9 Å². The highest BCUT2D eigenvalue weighted by Gasteiger charge is 2.35. The lowest BCUT2D eigenvalue weighted by Gasteiger charge is -2.38. The number of nitrogens with one attached hydrogen (secondary N) is 1. The van der Waals surface area contributed by atoms with Crippen LogP contribution in [-0.2, 0) is 0 Å². The summed E-state index contributed by atoms with van der Waals surface area (Å²) in [5.74, 6) is 0.0954. The number of aromatic nitrogens is 1. The number of amides is 1. The Balaban J connectivity index is 1.23. The van der Waals surface area contributed by atoms with Gasteiger partial charge in [-0.3, -0.25) is 9.69 Å². The SMILES string of the molecule is O=C(c1cc2ccccc2[nH]1)N1CCN(C2c3ccccc3-c3ccccc32)CC1. The molecule has 1 N–H and O–H groups in total. The van der Waals surface area contributed by atoms with Gasteiger partial charge in [-0.05, 0) is 34.4 Å². The molecule has 6 rings (SSSR count). The number of nitrogens with zero attached hydrogens (tertiary/aromatic N) is 2. The van der Waals surface area contributed by atoms with Gasteiger partial charge >= 0.3 is 0 Å². The Labute approximate surface area is 175 Å². The van der Waals surface area contributed by atoms with E-state index in [1.54, 1.807) is 0 Å². The smallest absolute Gasteiger partial charge is 0.270 e.